The fourth-order valence-corrected chi connectivity index (χ4v) is 9.76. The van der Waals surface area contributed by atoms with Gasteiger partial charge in [-0.3, -0.25) is 4.57 Å². The summed E-state index contributed by atoms with van der Waals surface area (Å²) in [6.07, 6.45) is 0. The normalized spacial score (nSPS) is 12.0. The van der Waals surface area contributed by atoms with Crippen LogP contribution in [0.3, 0.4) is 0 Å². The number of para-hydroxylation sites is 5. The van der Waals surface area contributed by atoms with Gasteiger partial charge in [0.25, 0.3) is 0 Å². The smallest absolute Gasteiger partial charge is 0.238 e. The molecule has 12 aromatic rings. The van der Waals surface area contributed by atoms with E-state index >= 15 is 0 Å². The molecule has 0 radical (unpaired) electrons. The van der Waals surface area contributed by atoms with Gasteiger partial charge < -0.3 is 9.13 Å². The summed E-state index contributed by atoms with van der Waals surface area (Å²) < 4.78 is 6.88. The molecule has 7 nitrogen and oxygen atoms in total. The Labute approximate surface area is 363 Å². The lowest BCUT2D eigenvalue weighted by molar-refractivity contribution is 0.591. The summed E-state index contributed by atoms with van der Waals surface area (Å²) in [6.45, 7) is 14.9. The number of aromatic nitrogens is 6. The van der Waals surface area contributed by atoms with Gasteiger partial charge in [0.1, 0.15) is 0 Å². The van der Waals surface area contributed by atoms with E-state index in [-0.39, 0.29) is 5.41 Å². The van der Waals surface area contributed by atoms with Crippen molar-refractivity contribution in [2.45, 2.75) is 26.2 Å². The summed E-state index contributed by atoms with van der Waals surface area (Å²) in [6, 6.07) is 63.5. The Balaban J connectivity index is 1.22. The first-order valence-electron chi connectivity index (χ1n) is 21.2. The molecule has 0 aliphatic rings. The van der Waals surface area contributed by atoms with E-state index < -0.39 is 0 Å². The van der Waals surface area contributed by atoms with E-state index in [1.807, 2.05) is 12.1 Å². The molecule has 4 heterocycles. The highest BCUT2D eigenvalue weighted by Gasteiger charge is 2.26. The molecule has 298 valence electrons. The van der Waals surface area contributed by atoms with E-state index in [0.717, 1.165) is 93.5 Å². The molecule has 0 aliphatic carbocycles. The van der Waals surface area contributed by atoms with Gasteiger partial charge in [-0.25, -0.2) is 9.83 Å². The Bertz CT molecular complexity index is 3800. The predicted molar refractivity (Wildman–Crippen MR) is 259 cm³/mol. The molecule has 12 rings (SSSR count). The number of fused-ring (bicyclic) bond motifs is 10. The molecular formula is C56H39N7. The van der Waals surface area contributed by atoms with Crippen LogP contribution in [0.2, 0.25) is 0 Å². The second-order valence-electron chi connectivity index (χ2n) is 17.2. The van der Waals surface area contributed by atoms with Gasteiger partial charge in [-0.05, 0) is 65.6 Å². The predicted octanol–water partition coefficient (Wildman–Crippen LogP) is 14.3. The highest BCUT2D eigenvalue weighted by Crippen LogP contribution is 2.44. The van der Waals surface area contributed by atoms with Crippen LogP contribution in [0.5, 0.6) is 0 Å². The highest BCUT2D eigenvalue weighted by atomic mass is 15.2. The molecule has 0 unspecified atom stereocenters. The van der Waals surface area contributed by atoms with E-state index in [2.05, 4.69) is 209 Å². The van der Waals surface area contributed by atoms with Crippen LogP contribution >= 0.6 is 0 Å². The van der Waals surface area contributed by atoms with Gasteiger partial charge in [0, 0.05) is 49.1 Å². The van der Waals surface area contributed by atoms with Crippen LogP contribution in [-0.2, 0) is 5.41 Å². The number of hydrogen-bond acceptors (Lipinski definition) is 3. The summed E-state index contributed by atoms with van der Waals surface area (Å²) in [4.78, 5) is 20.2. The second kappa shape index (κ2) is 13.8. The van der Waals surface area contributed by atoms with E-state index in [1.54, 1.807) is 0 Å². The summed E-state index contributed by atoms with van der Waals surface area (Å²) in [7, 11) is 0. The van der Waals surface area contributed by atoms with Gasteiger partial charge in [-0.15, -0.1) is 0 Å². The molecule has 7 heteroatoms. The van der Waals surface area contributed by atoms with Crippen molar-refractivity contribution in [2.24, 2.45) is 0 Å². The Morgan fingerprint density at radius 2 is 0.984 bits per heavy atom. The van der Waals surface area contributed by atoms with E-state index in [1.165, 1.54) is 0 Å². The van der Waals surface area contributed by atoms with Crippen LogP contribution in [0.1, 0.15) is 26.3 Å². The minimum Gasteiger partial charge on any atom is -0.309 e. The SMILES string of the molecule is [C-]#[N+]c1ccc(-n2c3ccccc3c3ccc4c(c5ccccc5n4-c4ccccc4)c32)c(-c2nc(-c3ccccc3C(C)(C)C)nc(-n3c4ccccc4c4ccccc43)n2)c1. The Morgan fingerprint density at radius 3 is 1.63 bits per heavy atom. The lowest BCUT2D eigenvalue weighted by atomic mass is 9.83. The topological polar surface area (TPSA) is 57.8 Å². The molecule has 0 aliphatic heterocycles. The maximum absolute atomic E-state index is 8.26. The van der Waals surface area contributed by atoms with Gasteiger partial charge in [-0.2, -0.15) is 9.97 Å². The molecule has 0 saturated heterocycles. The third-order valence-electron chi connectivity index (χ3n) is 12.5. The highest BCUT2D eigenvalue weighted by molar-refractivity contribution is 6.26. The Morgan fingerprint density at radius 1 is 0.444 bits per heavy atom. The van der Waals surface area contributed by atoms with Crippen molar-refractivity contribution in [3.05, 3.63) is 199 Å². The zero-order chi connectivity index (χ0) is 42.4. The molecule has 8 aromatic carbocycles. The van der Waals surface area contributed by atoms with Gasteiger partial charge in [0.2, 0.25) is 5.95 Å². The van der Waals surface area contributed by atoms with Gasteiger partial charge in [0.05, 0.1) is 45.4 Å². The first-order valence-corrected chi connectivity index (χ1v) is 21.2. The summed E-state index contributed by atoms with van der Waals surface area (Å²) >= 11 is 0. The van der Waals surface area contributed by atoms with Crippen LogP contribution in [0.25, 0.3) is 110 Å². The van der Waals surface area contributed by atoms with Gasteiger partial charge in [0.15, 0.2) is 17.3 Å². The molecule has 0 atom stereocenters. The average molecular weight is 810 g/mol. The van der Waals surface area contributed by atoms with Crippen LogP contribution in [0.15, 0.2) is 182 Å². The van der Waals surface area contributed by atoms with Crippen LogP contribution < -0.4 is 0 Å². The number of benzene rings is 8. The maximum Gasteiger partial charge on any atom is 0.238 e. The third-order valence-corrected chi connectivity index (χ3v) is 12.5. The van der Waals surface area contributed by atoms with E-state index in [0.29, 0.717) is 23.3 Å². The fourth-order valence-electron chi connectivity index (χ4n) is 9.76. The summed E-state index contributed by atoms with van der Waals surface area (Å²) in [5.41, 5.74) is 11.4. The number of nitrogens with zero attached hydrogens (tertiary/aromatic N) is 7. The van der Waals surface area contributed by atoms with E-state index in [4.69, 9.17) is 21.5 Å². The standard InChI is InChI=1S/C56H39N7/c1-56(2,3)44-25-13-8-23-41(44)53-58-54(60-55(59-53)63-46-27-15-9-20-37(46)38-21-10-16-28-47(38)63)43-34-35(57-4)30-32-49(43)62-45-26-14-11-22-39(45)40-31-33-50-51(52(40)62)42-24-12-17-29-48(42)61(50)36-18-6-5-7-19-36/h5-34H,1-3H3. The van der Waals surface area contributed by atoms with Gasteiger partial charge >= 0.3 is 0 Å². The molecule has 0 N–H and O–H groups in total. The van der Waals surface area contributed by atoms with Crippen molar-refractivity contribution in [3.8, 4) is 40.1 Å². The molecule has 0 amide bonds. The fraction of sp³-hybridized carbons (Fsp3) is 0.0714. The Kier molecular flexibility index (Phi) is 8.02. The molecule has 0 spiro atoms. The molecule has 4 aromatic heterocycles. The van der Waals surface area contributed by atoms with E-state index in [9.17, 15) is 0 Å². The van der Waals surface area contributed by atoms with Crippen molar-refractivity contribution < 1.29 is 0 Å². The average Bonchev–Trinajstić information content (AvgIpc) is 3.97. The summed E-state index contributed by atoms with van der Waals surface area (Å²) in [5.74, 6) is 1.55. The minimum atomic E-state index is -0.196. The minimum absolute atomic E-state index is 0.196. The van der Waals surface area contributed by atoms with Crippen LogP contribution in [0.4, 0.5) is 5.69 Å². The quantitative estimate of drug-likeness (QED) is 0.163. The largest absolute Gasteiger partial charge is 0.309 e. The van der Waals surface area contributed by atoms with Crippen LogP contribution in [-0.4, -0.2) is 28.7 Å². The monoisotopic (exact) mass is 809 g/mol. The molecular weight excluding hydrogens is 771 g/mol. The zero-order valence-corrected chi connectivity index (χ0v) is 35.0. The molecule has 0 saturated carbocycles. The van der Waals surface area contributed by atoms with Crippen molar-refractivity contribution in [1.82, 2.24) is 28.7 Å². The lowest BCUT2D eigenvalue weighted by Crippen LogP contribution is -2.14. The second-order valence-corrected chi connectivity index (χ2v) is 17.2. The maximum atomic E-state index is 8.26. The van der Waals surface area contributed by atoms with Crippen molar-refractivity contribution in [2.75, 3.05) is 0 Å². The van der Waals surface area contributed by atoms with Crippen molar-refractivity contribution in [3.63, 3.8) is 0 Å². The zero-order valence-electron chi connectivity index (χ0n) is 35.0. The third kappa shape index (κ3) is 5.55. The van der Waals surface area contributed by atoms with Crippen LogP contribution in [0, 0.1) is 6.57 Å². The molecule has 0 fully saturated rings. The first kappa shape index (κ1) is 36.5. The first-order chi connectivity index (χ1) is 30.9. The Hall–Kier alpha value is -8.34. The van der Waals surface area contributed by atoms with Crippen molar-refractivity contribution in [1.29, 1.82) is 0 Å². The van der Waals surface area contributed by atoms with Gasteiger partial charge in [-0.1, -0.05) is 148 Å². The number of hydrogen-bond donors (Lipinski definition) is 0. The molecule has 0 bridgehead atoms. The number of rotatable bonds is 5. The van der Waals surface area contributed by atoms with Crippen molar-refractivity contribution >= 4 is 71.1 Å². The summed E-state index contributed by atoms with van der Waals surface area (Å²) in [5, 5.41) is 6.80. The molecule has 63 heavy (non-hydrogen) atoms. The lowest BCUT2D eigenvalue weighted by Gasteiger charge is -2.23.